The number of hydrogen-bond donors (Lipinski definition) is 1. The number of amides is 1. The Labute approximate surface area is 130 Å². The van der Waals surface area contributed by atoms with Crippen molar-refractivity contribution in [2.24, 2.45) is 14.1 Å². The average Bonchev–Trinajstić information content (AvgIpc) is 3.18. The van der Waals surface area contributed by atoms with Gasteiger partial charge in [0, 0.05) is 20.3 Å². The Morgan fingerprint density at radius 2 is 2.00 bits per heavy atom. The number of nitrogens with zero attached hydrogens (tertiary/aromatic N) is 3. The molecule has 0 aliphatic carbocycles. The molecule has 1 N–H and O–H groups in total. The van der Waals surface area contributed by atoms with Gasteiger partial charge in [-0.2, -0.15) is 0 Å². The highest BCUT2D eigenvalue weighted by Crippen LogP contribution is 2.09. The zero-order chi connectivity index (χ0) is 16.6. The van der Waals surface area contributed by atoms with Crippen molar-refractivity contribution in [3.63, 3.8) is 0 Å². The van der Waals surface area contributed by atoms with Gasteiger partial charge in [-0.3, -0.25) is 18.7 Å². The summed E-state index contributed by atoms with van der Waals surface area (Å²) in [4.78, 5) is 36.2. The Kier molecular flexibility index (Phi) is 3.65. The minimum Gasteiger partial charge on any atom is -0.467 e. The van der Waals surface area contributed by atoms with Crippen molar-refractivity contribution < 1.29 is 9.21 Å². The van der Waals surface area contributed by atoms with E-state index < -0.39 is 5.69 Å². The zero-order valence-electron chi connectivity index (χ0n) is 12.8. The molecule has 0 aliphatic heterocycles. The molecule has 0 saturated heterocycles. The summed E-state index contributed by atoms with van der Waals surface area (Å²) in [7, 11) is 3.00. The molecule has 8 nitrogen and oxygen atoms in total. The number of carbonyl (C=O) groups is 1. The van der Waals surface area contributed by atoms with Crippen LogP contribution < -0.4 is 16.6 Å². The maximum absolute atomic E-state index is 12.1. The van der Waals surface area contributed by atoms with E-state index in [9.17, 15) is 14.4 Å². The SMILES string of the molecule is Cn1c(=O)c2ccn(CC(=O)NCc3ccco3)c2n(C)c1=O. The molecule has 0 unspecified atom stereocenters. The van der Waals surface area contributed by atoms with Gasteiger partial charge in [0.2, 0.25) is 5.91 Å². The Hall–Kier alpha value is -3.03. The van der Waals surface area contributed by atoms with Crippen LogP contribution in [-0.2, 0) is 32.0 Å². The van der Waals surface area contributed by atoms with Crippen LogP contribution in [0.25, 0.3) is 11.0 Å². The van der Waals surface area contributed by atoms with E-state index in [0.717, 1.165) is 4.57 Å². The van der Waals surface area contributed by atoms with E-state index in [1.165, 1.54) is 17.9 Å². The molecule has 0 aliphatic rings. The van der Waals surface area contributed by atoms with Crippen LogP contribution in [0.5, 0.6) is 0 Å². The van der Waals surface area contributed by atoms with Crippen LogP contribution in [0.15, 0.2) is 44.7 Å². The largest absolute Gasteiger partial charge is 0.467 e. The molecule has 0 spiro atoms. The summed E-state index contributed by atoms with van der Waals surface area (Å²) in [6.45, 7) is 0.288. The Bertz CT molecular complexity index is 975. The van der Waals surface area contributed by atoms with E-state index in [0.29, 0.717) is 16.8 Å². The number of fused-ring (bicyclic) bond motifs is 1. The van der Waals surface area contributed by atoms with Crippen molar-refractivity contribution in [3.05, 3.63) is 57.3 Å². The molecule has 8 heteroatoms. The monoisotopic (exact) mass is 316 g/mol. The first-order valence-corrected chi connectivity index (χ1v) is 7.03. The maximum atomic E-state index is 12.1. The second-order valence-electron chi connectivity index (χ2n) is 5.24. The number of rotatable bonds is 4. The van der Waals surface area contributed by atoms with Crippen LogP contribution in [0.3, 0.4) is 0 Å². The molecular formula is C15H16N4O4. The number of furan rings is 1. The lowest BCUT2D eigenvalue weighted by Crippen LogP contribution is -2.37. The molecule has 3 aromatic heterocycles. The van der Waals surface area contributed by atoms with Crippen LogP contribution in [0.4, 0.5) is 0 Å². The minimum atomic E-state index is -0.432. The average molecular weight is 316 g/mol. The Morgan fingerprint density at radius 3 is 2.70 bits per heavy atom. The number of hydrogen-bond acceptors (Lipinski definition) is 4. The van der Waals surface area contributed by atoms with Gasteiger partial charge in [-0.1, -0.05) is 0 Å². The Morgan fingerprint density at radius 1 is 1.22 bits per heavy atom. The van der Waals surface area contributed by atoms with Crippen molar-refractivity contribution in [1.82, 2.24) is 19.0 Å². The van der Waals surface area contributed by atoms with Crippen molar-refractivity contribution in [1.29, 1.82) is 0 Å². The molecule has 0 aromatic carbocycles. The van der Waals surface area contributed by atoms with Crippen LogP contribution in [0.1, 0.15) is 5.76 Å². The van der Waals surface area contributed by atoms with Crippen molar-refractivity contribution in [3.8, 4) is 0 Å². The molecule has 1 amide bonds. The highest BCUT2D eigenvalue weighted by molar-refractivity contribution is 5.80. The normalized spacial score (nSPS) is 11.0. The predicted molar refractivity (Wildman–Crippen MR) is 83.0 cm³/mol. The quantitative estimate of drug-likeness (QED) is 0.730. The van der Waals surface area contributed by atoms with Crippen molar-refractivity contribution in [2.45, 2.75) is 13.1 Å². The minimum absolute atomic E-state index is 0.00462. The van der Waals surface area contributed by atoms with Crippen LogP contribution in [0.2, 0.25) is 0 Å². The fourth-order valence-corrected chi connectivity index (χ4v) is 2.52. The van der Waals surface area contributed by atoms with Gasteiger partial charge in [-0.05, 0) is 18.2 Å². The van der Waals surface area contributed by atoms with Gasteiger partial charge in [0.1, 0.15) is 18.0 Å². The summed E-state index contributed by atoms with van der Waals surface area (Å²) < 4.78 is 9.12. The third-order valence-corrected chi connectivity index (χ3v) is 3.71. The van der Waals surface area contributed by atoms with Crippen LogP contribution in [0, 0.1) is 0 Å². The summed E-state index contributed by atoms with van der Waals surface area (Å²) in [5, 5.41) is 3.12. The molecule has 0 bridgehead atoms. The van der Waals surface area contributed by atoms with E-state index in [1.54, 1.807) is 36.0 Å². The van der Waals surface area contributed by atoms with Gasteiger partial charge in [-0.25, -0.2) is 4.79 Å². The third kappa shape index (κ3) is 2.59. The molecule has 0 atom stereocenters. The molecule has 0 radical (unpaired) electrons. The van der Waals surface area contributed by atoms with Crippen LogP contribution >= 0.6 is 0 Å². The maximum Gasteiger partial charge on any atom is 0.332 e. The third-order valence-electron chi connectivity index (χ3n) is 3.71. The first-order valence-electron chi connectivity index (χ1n) is 7.03. The number of carbonyl (C=O) groups excluding carboxylic acids is 1. The molecule has 0 saturated carbocycles. The lowest BCUT2D eigenvalue weighted by molar-refractivity contribution is -0.121. The predicted octanol–water partition coefficient (Wildman–Crippen LogP) is -0.0519. The van der Waals surface area contributed by atoms with Crippen molar-refractivity contribution >= 4 is 16.9 Å². The fourth-order valence-electron chi connectivity index (χ4n) is 2.52. The summed E-state index contributed by atoms with van der Waals surface area (Å²) in [5.41, 5.74) is -0.387. The summed E-state index contributed by atoms with van der Waals surface area (Å²) >= 11 is 0. The van der Waals surface area contributed by atoms with Gasteiger partial charge < -0.3 is 14.3 Å². The first-order chi connectivity index (χ1) is 11.0. The molecule has 3 rings (SSSR count). The first kappa shape index (κ1) is 14.9. The molecule has 23 heavy (non-hydrogen) atoms. The molecular weight excluding hydrogens is 300 g/mol. The second kappa shape index (κ2) is 5.64. The van der Waals surface area contributed by atoms with Gasteiger partial charge in [-0.15, -0.1) is 0 Å². The smallest absolute Gasteiger partial charge is 0.332 e. The summed E-state index contributed by atoms with van der Waals surface area (Å²) in [5.74, 6) is 0.406. The van der Waals surface area contributed by atoms with Gasteiger partial charge in [0.05, 0.1) is 18.2 Å². The van der Waals surface area contributed by atoms with E-state index in [4.69, 9.17) is 4.42 Å². The van der Waals surface area contributed by atoms with Crippen molar-refractivity contribution in [2.75, 3.05) is 0 Å². The zero-order valence-corrected chi connectivity index (χ0v) is 12.8. The lowest BCUT2D eigenvalue weighted by atomic mass is 10.4. The van der Waals surface area contributed by atoms with E-state index in [2.05, 4.69) is 5.32 Å². The topological polar surface area (TPSA) is 91.2 Å². The number of aromatic nitrogens is 3. The molecule has 0 fully saturated rings. The summed E-state index contributed by atoms with van der Waals surface area (Å²) in [6.07, 6.45) is 3.16. The van der Waals surface area contributed by atoms with E-state index in [1.807, 2.05) is 0 Å². The van der Waals surface area contributed by atoms with E-state index >= 15 is 0 Å². The summed E-state index contributed by atoms with van der Waals surface area (Å²) in [6, 6.07) is 5.11. The molecule has 120 valence electrons. The molecule has 3 heterocycles. The van der Waals surface area contributed by atoms with E-state index in [-0.39, 0.29) is 24.6 Å². The van der Waals surface area contributed by atoms with Gasteiger partial charge in [0.25, 0.3) is 5.56 Å². The lowest BCUT2D eigenvalue weighted by Gasteiger charge is -2.10. The fraction of sp³-hybridized carbons (Fsp3) is 0.267. The van der Waals surface area contributed by atoms with Gasteiger partial charge >= 0.3 is 5.69 Å². The number of aryl methyl sites for hydroxylation is 1. The highest BCUT2D eigenvalue weighted by Gasteiger charge is 2.14. The van der Waals surface area contributed by atoms with Gasteiger partial charge in [0.15, 0.2) is 0 Å². The second-order valence-corrected chi connectivity index (χ2v) is 5.24. The standard InChI is InChI=1S/C15H16N4O4/c1-17-13-11(14(21)18(2)15(17)22)5-6-19(13)9-12(20)16-8-10-4-3-7-23-10/h3-7H,8-9H2,1-2H3,(H,16,20). The Balaban J connectivity index is 1.88. The molecule has 3 aromatic rings. The van der Waals surface area contributed by atoms with Crippen LogP contribution in [-0.4, -0.2) is 19.6 Å². The number of nitrogens with one attached hydrogen (secondary N) is 1. The highest BCUT2D eigenvalue weighted by atomic mass is 16.3.